The van der Waals surface area contributed by atoms with E-state index in [2.05, 4.69) is 9.88 Å². The Labute approximate surface area is 148 Å². The topological polar surface area (TPSA) is 45.7 Å². The minimum absolute atomic E-state index is 0.111. The number of fused-ring (bicyclic) bond motifs is 1. The summed E-state index contributed by atoms with van der Waals surface area (Å²) < 4.78 is 6.06. The molecule has 1 aromatic heterocycles. The van der Waals surface area contributed by atoms with Gasteiger partial charge in [0.1, 0.15) is 5.75 Å². The number of likely N-dealkylation sites (tertiary alicyclic amines) is 1. The summed E-state index contributed by atoms with van der Waals surface area (Å²) >= 11 is 0. The summed E-state index contributed by atoms with van der Waals surface area (Å²) in [5.74, 6) is 0.889. The largest absolute Gasteiger partial charge is 0.477 e. The van der Waals surface area contributed by atoms with Gasteiger partial charge in [-0.05, 0) is 43.5 Å². The molecule has 0 radical (unpaired) electrons. The van der Waals surface area contributed by atoms with Crippen LogP contribution >= 0.6 is 0 Å². The summed E-state index contributed by atoms with van der Waals surface area (Å²) in [6, 6.07) is 13.9. The molecule has 0 bridgehead atoms. The van der Waals surface area contributed by atoms with Crippen molar-refractivity contribution < 1.29 is 9.53 Å². The number of benzene rings is 1. The Hall–Kier alpha value is -2.56. The number of anilines is 1. The number of pyridine rings is 1. The van der Waals surface area contributed by atoms with E-state index in [0.29, 0.717) is 13.1 Å². The predicted molar refractivity (Wildman–Crippen MR) is 96.6 cm³/mol. The van der Waals surface area contributed by atoms with Gasteiger partial charge in [0.15, 0.2) is 6.10 Å². The Morgan fingerprint density at radius 1 is 1.08 bits per heavy atom. The quantitative estimate of drug-likeness (QED) is 0.864. The van der Waals surface area contributed by atoms with Crippen molar-refractivity contribution >= 4 is 11.6 Å². The summed E-state index contributed by atoms with van der Waals surface area (Å²) in [5.41, 5.74) is 2.01. The van der Waals surface area contributed by atoms with Crippen LogP contribution in [0.4, 0.5) is 5.69 Å². The van der Waals surface area contributed by atoms with Crippen LogP contribution in [0.2, 0.25) is 0 Å². The first-order chi connectivity index (χ1) is 12.3. The van der Waals surface area contributed by atoms with Crippen LogP contribution in [-0.4, -0.2) is 41.5 Å². The molecule has 1 amide bonds. The van der Waals surface area contributed by atoms with Crippen molar-refractivity contribution in [3.8, 4) is 5.75 Å². The maximum Gasteiger partial charge on any atom is 0.265 e. The fraction of sp³-hybridized carbons (Fsp3) is 0.400. The van der Waals surface area contributed by atoms with Gasteiger partial charge in [0.2, 0.25) is 0 Å². The molecule has 130 valence electrons. The van der Waals surface area contributed by atoms with Gasteiger partial charge in [-0.3, -0.25) is 9.78 Å². The monoisotopic (exact) mass is 337 g/mol. The van der Waals surface area contributed by atoms with Crippen LogP contribution in [0.15, 0.2) is 48.7 Å². The van der Waals surface area contributed by atoms with Crippen molar-refractivity contribution in [2.45, 2.75) is 31.9 Å². The standard InChI is InChI=1S/C20H23N3O2/c24-20(22-12-6-1-7-13-22)19-15-23(14-16-8-4-5-11-21-16)17-9-2-3-10-18(17)25-19/h2-5,8-11,19H,1,6-7,12-15H2/t19-/m1/s1. The van der Waals surface area contributed by atoms with E-state index in [0.717, 1.165) is 43.1 Å². The average molecular weight is 337 g/mol. The van der Waals surface area contributed by atoms with E-state index in [4.69, 9.17) is 4.74 Å². The smallest absolute Gasteiger partial charge is 0.265 e. The lowest BCUT2D eigenvalue weighted by atomic mass is 10.1. The van der Waals surface area contributed by atoms with Crippen LogP contribution in [0.1, 0.15) is 25.0 Å². The highest BCUT2D eigenvalue weighted by molar-refractivity contribution is 5.83. The maximum atomic E-state index is 12.9. The number of hydrogen-bond donors (Lipinski definition) is 0. The molecule has 2 aliphatic rings. The van der Waals surface area contributed by atoms with Crippen molar-refractivity contribution in [3.63, 3.8) is 0 Å². The van der Waals surface area contributed by atoms with Gasteiger partial charge in [-0.1, -0.05) is 18.2 Å². The van der Waals surface area contributed by atoms with Gasteiger partial charge in [-0.25, -0.2) is 0 Å². The van der Waals surface area contributed by atoms with Crippen molar-refractivity contribution in [2.75, 3.05) is 24.5 Å². The number of rotatable bonds is 3. The summed E-state index contributed by atoms with van der Waals surface area (Å²) in [4.78, 5) is 21.5. The van der Waals surface area contributed by atoms with Crippen LogP contribution in [0.25, 0.3) is 0 Å². The normalized spacial score (nSPS) is 19.9. The number of carbonyl (C=O) groups excluding carboxylic acids is 1. The zero-order valence-corrected chi connectivity index (χ0v) is 14.3. The molecule has 0 N–H and O–H groups in total. The van der Waals surface area contributed by atoms with Crippen LogP contribution in [0.5, 0.6) is 5.75 Å². The number of para-hydroxylation sites is 2. The lowest BCUT2D eigenvalue weighted by Gasteiger charge is -2.38. The van der Waals surface area contributed by atoms with Crippen LogP contribution < -0.4 is 9.64 Å². The molecule has 1 aromatic carbocycles. The third-order valence-corrected chi connectivity index (χ3v) is 4.88. The number of nitrogens with zero attached hydrogens (tertiary/aromatic N) is 3. The van der Waals surface area contributed by atoms with Crippen LogP contribution in [0.3, 0.4) is 0 Å². The summed E-state index contributed by atoms with van der Waals surface area (Å²) in [5, 5.41) is 0. The molecular formula is C20H23N3O2. The van der Waals surface area contributed by atoms with Gasteiger partial charge in [0.05, 0.1) is 24.5 Å². The first-order valence-electron chi connectivity index (χ1n) is 9.00. The molecule has 1 atom stereocenters. The van der Waals surface area contributed by atoms with Crippen molar-refractivity contribution in [3.05, 3.63) is 54.4 Å². The fourth-order valence-corrected chi connectivity index (χ4v) is 3.59. The Bertz CT molecular complexity index is 729. The number of hydrogen-bond acceptors (Lipinski definition) is 4. The molecule has 0 saturated carbocycles. The number of amides is 1. The summed E-state index contributed by atoms with van der Waals surface area (Å²) in [6.07, 6.45) is 4.75. The number of piperidine rings is 1. The van der Waals surface area contributed by atoms with Gasteiger partial charge in [-0.2, -0.15) is 0 Å². The third-order valence-electron chi connectivity index (χ3n) is 4.88. The number of carbonyl (C=O) groups is 1. The SMILES string of the molecule is O=C([C@H]1CN(Cc2ccccn2)c2ccccc2O1)N1CCCCC1. The summed E-state index contributed by atoms with van der Waals surface area (Å²) in [6.45, 7) is 2.93. The maximum absolute atomic E-state index is 12.9. The van der Waals surface area contributed by atoms with E-state index in [1.54, 1.807) is 6.20 Å². The highest BCUT2D eigenvalue weighted by Crippen LogP contribution is 2.34. The third kappa shape index (κ3) is 3.45. The fourth-order valence-electron chi connectivity index (χ4n) is 3.59. The molecule has 0 aliphatic carbocycles. The van der Waals surface area contributed by atoms with Gasteiger partial charge >= 0.3 is 0 Å². The van der Waals surface area contributed by atoms with Crippen molar-refractivity contribution in [1.82, 2.24) is 9.88 Å². The lowest BCUT2D eigenvalue weighted by Crippen LogP contribution is -2.51. The van der Waals surface area contributed by atoms with Crippen molar-refractivity contribution in [1.29, 1.82) is 0 Å². The minimum atomic E-state index is -0.447. The highest BCUT2D eigenvalue weighted by Gasteiger charge is 2.33. The summed E-state index contributed by atoms with van der Waals surface area (Å²) in [7, 11) is 0. The average Bonchev–Trinajstić information content (AvgIpc) is 2.69. The van der Waals surface area contributed by atoms with Crippen LogP contribution in [0, 0.1) is 0 Å². The molecule has 2 aromatic rings. The van der Waals surface area contributed by atoms with Crippen molar-refractivity contribution in [2.24, 2.45) is 0 Å². The molecular weight excluding hydrogens is 314 g/mol. The second-order valence-corrected chi connectivity index (χ2v) is 6.66. The molecule has 3 heterocycles. The molecule has 0 unspecified atom stereocenters. The van der Waals surface area contributed by atoms with Gasteiger partial charge in [-0.15, -0.1) is 0 Å². The Morgan fingerprint density at radius 2 is 1.88 bits per heavy atom. The Morgan fingerprint density at radius 3 is 2.68 bits per heavy atom. The van der Waals surface area contributed by atoms with E-state index in [9.17, 15) is 4.79 Å². The zero-order chi connectivity index (χ0) is 17.1. The van der Waals surface area contributed by atoms with E-state index >= 15 is 0 Å². The minimum Gasteiger partial charge on any atom is -0.477 e. The molecule has 5 heteroatoms. The number of aromatic nitrogens is 1. The Kier molecular flexibility index (Phi) is 4.55. The molecule has 25 heavy (non-hydrogen) atoms. The van der Waals surface area contributed by atoms with E-state index < -0.39 is 6.10 Å². The molecule has 1 fully saturated rings. The zero-order valence-electron chi connectivity index (χ0n) is 14.3. The Balaban J connectivity index is 1.56. The van der Waals surface area contributed by atoms with E-state index in [1.165, 1.54) is 6.42 Å². The molecule has 5 nitrogen and oxygen atoms in total. The second kappa shape index (κ2) is 7.13. The van der Waals surface area contributed by atoms with Gasteiger partial charge in [0, 0.05) is 19.3 Å². The highest BCUT2D eigenvalue weighted by atomic mass is 16.5. The second-order valence-electron chi connectivity index (χ2n) is 6.66. The molecule has 1 saturated heterocycles. The molecule has 0 spiro atoms. The first kappa shape index (κ1) is 15.9. The number of ether oxygens (including phenoxy) is 1. The predicted octanol–water partition coefficient (Wildman–Crippen LogP) is 2.86. The van der Waals surface area contributed by atoms with E-state index in [1.807, 2.05) is 47.4 Å². The first-order valence-corrected chi connectivity index (χ1v) is 9.00. The molecule has 4 rings (SSSR count). The molecule has 2 aliphatic heterocycles. The van der Waals surface area contributed by atoms with Gasteiger partial charge < -0.3 is 14.5 Å². The van der Waals surface area contributed by atoms with Gasteiger partial charge in [0.25, 0.3) is 5.91 Å². The van der Waals surface area contributed by atoms with Crippen LogP contribution in [-0.2, 0) is 11.3 Å². The van der Waals surface area contributed by atoms with E-state index in [-0.39, 0.29) is 5.91 Å². The lowest BCUT2D eigenvalue weighted by molar-refractivity contribution is -0.139.